The van der Waals surface area contributed by atoms with E-state index in [1.165, 1.54) is 26.6 Å². The average molecular weight is 310 g/mol. The smallest absolute Gasteiger partial charge is 0.258 e. The Kier molecular flexibility index (Phi) is 3.01. The van der Waals surface area contributed by atoms with Crippen molar-refractivity contribution < 1.29 is 0 Å². The number of nitrogens with zero attached hydrogens (tertiary/aromatic N) is 6. The maximum atomic E-state index is 11.9. The molecule has 4 rings (SSSR count). The van der Waals surface area contributed by atoms with Crippen LogP contribution in [0.25, 0.3) is 16.3 Å². The number of benzene rings is 1. The van der Waals surface area contributed by atoms with Gasteiger partial charge in [-0.2, -0.15) is 4.80 Å². The quantitative estimate of drug-likeness (QED) is 0.572. The minimum Gasteiger partial charge on any atom is -0.269 e. The fourth-order valence-electron chi connectivity index (χ4n) is 2.13. The standard InChI is InChI=1S/C14H10N6OS/c21-12-8-11(15-14-19(12)6-7-22-14)9-20-17-13(16-18-20)10-4-2-1-3-5-10/h1-8H,9H2. The maximum absolute atomic E-state index is 11.9. The predicted octanol–water partition coefficient (Wildman–Crippen LogP) is 1.46. The van der Waals surface area contributed by atoms with Crippen molar-refractivity contribution in [2.24, 2.45) is 0 Å². The first-order valence-corrected chi connectivity index (χ1v) is 7.46. The van der Waals surface area contributed by atoms with Crippen molar-refractivity contribution >= 4 is 16.3 Å². The molecule has 0 saturated heterocycles. The van der Waals surface area contributed by atoms with E-state index in [4.69, 9.17) is 0 Å². The summed E-state index contributed by atoms with van der Waals surface area (Å²) >= 11 is 1.41. The van der Waals surface area contributed by atoms with Crippen LogP contribution in [-0.2, 0) is 6.54 Å². The van der Waals surface area contributed by atoms with Gasteiger partial charge in [0.25, 0.3) is 5.56 Å². The molecule has 0 amide bonds. The summed E-state index contributed by atoms with van der Waals surface area (Å²) in [5.41, 5.74) is 1.41. The molecule has 4 aromatic rings. The summed E-state index contributed by atoms with van der Waals surface area (Å²) in [4.78, 5) is 18.5. The lowest BCUT2D eigenvalue weighted by Gasteiger charge is -1.99. The molecule has 0 unspecified atom stereocenters. The van der Waals surface area contributed by atoms with E-state index in [0.717, 1.165) is 5.56 Å². The van der Waals surface area contributed by atoms with Gasteiger partial charge in [0.1, 0.15) is 6.54 Å². The third kappa shape index (κ3) is 2.29. The van der Waals surface area contributed by atoms with E-state index in [0.29, 0.717) is 23.0 Å². The van der Waals surface area contributed by atoms with Gasteiger partial charge in [0.15, 0.2) is 4.96 Å². The summed E-state index contributed by atoms with van der Waals surface area (Å²) in [6, 6.07) is 11.1. The molecule has 3 heterocycles. The first kappa shape index (κ1) is 12.8. The van der Waals surface area contributed by atoms with Crippen LogP contribution < -0.4 is 5.56 Å². The van der Waals surface area contributed by atoms with Gasteiger partial charge in [-0.05, 0) is 5.21 Å². The van der Waals surface area contributed by atoms with Gasteiger partial charge in [-0.25, -0.2) is 4.98 Å². The van der Waals surface area contributed by atoms with Gasteiger partial charge in [0, 0.05) is 23.2 Å². The Morgan fingerprint density at radius 2 is 2.05 bits per heavy atom. The molecule has 0 aliphatic heterocycles. The average Bonchev–Trinajstić information content (AvgIpc) is 3.17. The number of rotatable bonds is 3. The van der Waals surface area contributed by atoms with E-state index in [-0.39, 0.29) is 5.56 Å². The van der Waals surface area contributed by atoms with Gasteiger partial charge < -0.3 is 0 Å². The number of tetrazole rings is 1. The van der Waals surface area contributed by atoms with Crippen molar-refractivity contribution in [2.75, 3.05) is 0 Å². The van der Waals surface area contributed by atoms with E-state index in [9.17, 15) is 4.79 Å². The van der Waals surface area contributed by atoms with Crippen LogP contribution in [0.1, 0.15) is 5.69 Å². The molecule has 0 aliphatic carbocycles. The van der Waals surface area contributed by atoms with E-state index in [2.05, 4.69) is 20.4 Å². The molecule has 3 aromatic heterocycles. The van der Waals surface area contributed by atoms with Crippen molar-refractivity contribution in [2.45, 2.75) is 6.54 Å². The SMILES string of the molecule is O=c1cc(Cn2nnc(-c3ccccc3)n2)nc2sccn12. The number of hydrogen-bond donors (Lipinski definition) is 0. The third-order valence-electron chi connectivity index (χ3n) is 3.14. The third-order valence-corrected chi connectivity index (χ3v) is 3.90. The lowest BCUT2D eigenvalue weighted by Crippen LogP contribution is -2.15. The number of thiazole rings is 1. The molecule has 7 nitrogen and oxygen atoms in total. The highest BCUT2D eigenvalue weighted by molar-refractivity contribution is 7.15. The maximum Gasteiger partial charge on any atom is 0.258 e. The Balaban J connectivity index is 1.65. The molecule has 22 heavy (non-hydrogen) atoms. The molecule has 1 aromatic carbocycles. The molecule has 0 saturated carbocycles. The molecular formula is C14H10N6OS. The summed E-state index contributed by atoms with van der Waals surface area (Å²) in [6.45, 7) is 0.309. The van der Waals surface area contributed by atoms with Gasteiger partial charge in [-0.1, -0.05) is 30.3 Å². The van der Waals surface area contributed by atoms with Crippen molar-refractivity contribution in [1.82, 2.24) is 29.6 Å². The minimum absolute atomic E-state index is 0.107. The summed E-state index contributed by atoms with van der Waals surface area (Å²) in [6.07, 6.45) is 1.71. The lowest BCUT2D eigenvalue weighted by atomic mass is 10.2. The van der Waals surface area contributed by atoms with Crippen molar-refractivity contribution in [3.8, 4) is 11.4 Å². The van der Waals surface area contributed by atoms with E-state index >= 15 is 0 Å². The summed E-state index contributed by atoms with van der Waals surface area (Å²) < 4.78 is 1.51. The van der Waals surface area contributed by atoms with Crippen LogP contribution in [0.2, 0.25) is 0 Å². The number of aromatic nitrogens is 6. The minimum atomic E-state index is -0.107. The number of hydrogen-bond acceptors (Lipinski definition) is 6. The molecule has 0 fully saturated rings. The molecule has 0 spiro atoms. The molecule has 0 atom stereocenters. The molecule has 0 bridgehead atoms. The molecular weight excluding hydrogens is 300 g/mol. The Labute approximate surface area is 128 Å². The zero-order chi connectivity index (χ0) is 14.9. The molecule has 0 aliphatic rings. The summed E-state index contributed by atoms with van der Waals surface area (Å²) in [7, 11) is 0. The summed E-state index contributed by atoms with van der Waals surface area (Å²) in [5, 5.41) is 14.2. The molecule has 8 heteroatoms. The second kappa shape index (κ2) is 5.15. The molecule has 108 valence electrons. The highest BCUT2D eigenvalue weighted by Crippen LogP contribution is 2.12. The van der Waals surface area contributed by atoms with Gasteiger partial charge in [0.2, 0.25) is 5.82 Å². The van der Waals surface area contributed by atoms with Crippen LogP contribution in [0.4, 0.5) is 0 Å². The second-order valence-corrected chi connectivity index (χ2v) is 5.52. The summed E-state index contributed by atoms with van der Waals surface area (Å²) in [5.74, 6) is 0.550. The number of fused-ring (bicyclic) bond motifs is 1. The van der Waals surface area contributed by atoms with Crippen LogP contribution >= 0.6 is 11.3 Å². The van der Waals surface area contributed by atoms with Gasteiger partial charge in [-0.15, -0.1) is 21.5 Å². The molecule has 0 N–H and O–H groups in total. The van der Waals surface area contributed by atoms with Crippen LogP contribution in [0.5, 0.6) is 0 Å². The second-order valence-electron chi connectivity index (χ2n) is 4.65. The Hall–Kier alpha value is -2.87. The predicted molar refractivity (Wildman–Crippen MR) is 81.7 cm³/mol. The van der Waals surface area contributed by atoms with Crippen LogP contribution in [0.15, 0.2) is 52.8 Å². The van der Waals surface area contributed by atoms with Crippen molar-refractivity contribution in [1.29, 1.82) is 0 Å². The van der Waals surface area contributed by atoms with Crippen LogP contribution in [-0.4, -0.2) is 29.6 Å². The topological polar surface area (TPSA) is 78.0 Å². The van der Waals surface area contributed by atoms with Crippen molar-refractivity contribution in [3.05, 3.63) is 64.0 Å². The zero-order valence-electron chi connectivity index (χ0n) is 11.3. The Morgan fingerprint density at radius 1 is 1.18 bits per heavy atom. The first-order chi connectivity index (χ1) is 10.8. The van der Waals surface area contributed by atoms with Gasteiger partial charge in [0.05, 0.1) is 5.69 Å². The van der Waals surface area contributed by atoms with Gasteiger partial charge >= 0.3 is 0 Å². The van der Waals surface area contributed by atoms with Crippen LogP contribution in [0.3, 0.4) is 0 Å². The van der Waals surface area contributed by atoms with Crippen molar-refractivity contribution in [3.63, 3.8) is 0 Å². The highest BCUT2D eigenvalue weighted by atomic mass is 32.1. The zero-order valence-corrected chi connectivity index (χ0v) is 12.1. The molecule has 0 radical (unpaired) electrons. The van der Waals surface area contributed by atoms with Crippen LogP contribution in [0, 0.1) is 0 Å². The van der Waals surface area contributed by atoms with E-state index in [1.807, 2.05) is 35.7 Å². The fraction of sp³-hybridized carbons (Fsp3) is 0.0714. The highest BCUT2D eigenvalue weighted by Gasteiger charge is 2.08. The van der Waals surface area contributed by atoms with Gasteiger partial charge in [-0.3, -0.25) is 9.20 Å². The Morgan fingerprint density at radius 3 is 2.91 bits per heavy atom. The lowest BCUT2D eigenvalue weighted by molar-refractivity contribution is 0.564. The first-order valence-electron chi connectivity index (χ1n) is 6.58. The largest absolute Gasteiger partial charge is 0.269 e. The van der Waals surface area contributed by atoms with E-state index < -0.39 is 0 Å². The monoisotopic (exact) mass is 310 g/mol. The normalized spacial score (nSPS) is 11.1. The van der Waals surface area contributed by atoms with E-state index in [1.54, 1.807) is 6.20 Å². The fourth-order valence-corrected chi connectivity index (χ4v) is 2.87. The Bertz CT molecular complexity index is 987.